The molecule has 0 aromatic heterocycles. The molecule has 1 aromatic rings. The van der Waals surface area contributed by atoms with Gasteiger partial charge < -0.3 is 47.9 Å². The van der Waals surface area contributed by atoms with Crippen molar-refractivity contribution in [2.45, 2.75) is 25.8 Å². The molecule has 290 valence electrons. The van der Waals surface area contributed by atoms with Gasteiger partial charge in [0.05, 0.1) is 117 Å². The van der Waals surface area contributed by atoms with Crippen LogP contribution >= 0.6 is 0 Å². The molecule has 0 saturated carbocycles. The van der Waals surface area contributed by atoms with Crippen LogP contribution in [0.4, 0.5) is 5.69 Å². The van der Waals surface area contributed by atoms with E-state index in [4.69, 9.17) is 42.6 Å². The zero-order chi connectivity index (χ0) is 37.4. The van der Waals surface area contributed by atoms with E-state index in [-0.39, 0.29) is 30.6 Å². The van der Waals surface area contributed by atoms with E-state index in [1.54, 1.807) is 25.1 Å². The number of nitrogens with one attached hydrogen (secondary N) is 2. The van der Waals surface area contributed by atoms with Crippen LogP contribution in [0.1, 0.15) is 40.5 Å². The van der Waals surface area contributed by atoms with Crippen LogP contribution in [0.2, 0.25) is 0 Å². The molecule has 1 atom stereocenters. The maximum atomic E-state index is 13.1. The van der Waals surface area contributed by atoms with Crippen LogP contribution in [0.25, 0.3) is 0 Å². The normalized spacial score (nSPS) is 15.6. The molecule has 2 N–H and O–H groups in total. The predicted molar refractivity (Wildman–Crippen MR) is 184 cm³/mol. The summed E-state index contributed by atoms with van der Waals surface area (Å²) in [7, 11) is 0. The van der Waals surface area contributed by atoms with Gasteiger partial charge in [-0.3, -0.25) is 29.4 Å². The summed E-state index contributed by atoms with van der Waals surface area (Å²) >= 11 is 0. The van der Waals surface area contributed by atoms with Gasteiger partial charge in [-0.2, -0.15) is 0 Å². The Morgan fingerprint density at radius 2 is 1.17 bits per heavy atom. The van der Waals surface area contributed by atoms with Gasteiger partial charge in [-0.1, -0.05) is 12.6 Å². The van der Waals surface area contributed by atoms with Crippen molar-refractivity contribution < 1.29 is 66.6 Å². The molecule has 1 aromatic carbocycles. The number of nitrogens with zero attached hydrogens (tertiary/aromatic N) is 1. The maximum Gasteiger partial charge on any atom is 0.333 e. The Hall–Kier alpha value is -3.81. The van der Waals surface area contributed by atoms with Gasteiger partial charge in [-0.05, 0) is 25.5 Å². The average Bonchev–Trinajstić information content (AvgIpc) is 3.38. The molecule has 4 amide bonds. The maximum absolute atomic E-state index is 13.1. The Morgan fingerprint density at radius 3 is 1.63 bits per heavy atom. The van der Waals surface area contributed by atoms with E-state index < -0.39 is 35.6 Å². The van der Waals surface area contributed by atoms with Crippen LogP contribution in [0.5, 0.6) is 0 Å². The highest BCUT2D eigenvalue weighted by molar-refractivity contribution is 6.25. The summed E-state index contributed by atoms with van der Waals surface area (Å²) in [5.41, 5.74) is 1.25. The standard InChI is InChI=1S/C35H51N3O14/c1-26(2)35(43)52-25-24-51-23-22-50-21-20-49-19-18-48-17-16-47-15-14-46-13-12-45-11-10-44-9-8-36-28-5-3-4-27-31(28)34(42)38(33(27)41)29-6-7-30(39)37-32(29)40/h3-5,29,36H,1,6-25H2,2H3,(H,37,39,40). The van der Waals surface area contributed by atoms with Crippen LogP contribution in [-0.4, -0.2) is 159 Å². The second-order valence-corrected chi connectivity index (χ2v) is 11.4. The number of amides is 4. The lowest BCUT2D eigenvalue weighted by atomic mass is 10.0. The number of ether oxygens (including phenoxy) is 9. The fourth-order valence-corrected chi connectivity index (χ4v) is 4.88. The number of benzene rings is 1. The third-order valence-corrected chi connectivity index (χ3v) is 7.44. The van der Waals surface area contributed by atoms with Crippen molar-refractivity contribution in [3.8, 4) is 0 Å². The molecule has 0 aliphatic carbocycles. The quantitative estimate of drug-likeness (QED) is 0.0486. The third kappa shape index (κ3) is 15.4. The summed E-state index contributed by atoms with van der Waals surface area (Å²) in [4.78, 5) is 62.0. The van der Waals surface area contributed by atoms with E-state index in [0.29, 0.717) is 124 Å². The van der Waals surface area contributed by atoms with Crippen molar-refractivity contribution in [3.63, 3.8) is 0 Å². The van der Waals surface area contributed by atoms with Gasteiger partial charge >= 0.3 is 5.97 Å². The lowest BCUT2D eigenvalue weighted by Gasteiger charge is -2.27. The van der Waals surface area contributed by atoms with E-state index >= 15 is 0 Å². The molecular formula is C35H51N3O14. The Kier molecular flexibility index (Phi) is 20.7. The molecule has 17 heteroatoms. The Bertz CT molecular complexity index is 1310. The Morgan fingerprint density at radius 1 is 0.712 bits per heavy atom. The molecule has 2 aliphatic rings. The van der Waals surface area contributed by atoms with Crippen LogP contribution in [0, 0.1) is 0 Å². The fourth-order valence-electron chi connectivity index (χ4n) is 4.88. The number of esters is 1. The largest absolute Gasteiger partial charge is 0.460 e. The second kappa shape index (κ2) is 25.2. The first-order valence-corrected chi connectivity index (χ1v) is 17.3. The van der Waals surface area contributed by atoms with Crippen LogP contribution in [-0.2, 0) is 57.0 Å². The monoisotopic (exact) mass is 737 g/mol. The van der Waals surface area contributed by atoms with E-state index in [1.807, 2.05) is 0 Å². The summed E-state index contributed by atoms with van der Waals surface area (Å²) in [6.45, 7) is 12.3. The van der Waals surface area contributed by atoms with Gasteiger partial charge in [-0.25, -0.2) is 4.79 Å². The van der Waals surface area contributed by atoms with Crippen molar-refractivity contribution in [3.05, 3.63) is 41.5 Å². The lowest BCUT2D eigenvalue weighted by molar-refractivity contribution is -0.140. The molecular weight excluding hydrogens is 686 g/mol. The number of hydrogen-bond donors (Lipinski definition) is 2. The zero-order valence-electron chi connectivity index (χ0n) is 29.8. The smallest absolute Gasteiger partial charge is 0.333 e. The predicted octanol–water partition coefficient (Wildman–Crippen LogP) is 0.752. The number of carbonyl (C=O) groups excluding carboxylic acids is 5. The highest BCUT2D eigenvalue weighted by atomic mass is 16.6. The number of anilines is 1. The highest BCUT2D eigenvalue weighted by Gasteiger charge is 2.45. The van der Waals surface area contributed by atoms with Crippen molar-refractivity contribution in [2.75, 3.05) is 124 Å². The minimum atomic E-state index is -1.01. The number of rotatable bonds is 30. The van der Waals surface area contributed by atoms with E-state index in [9.17, 15) is 24.0 Å². The van der Waals surface area contributed by atoms with Gasteiger partial charge in [0.1, 0.15) is 12.6 Å². The Labute approximate surface area is 303 Å². The summed E-state index contributed by atoms with van der Waals surface area (Å²) < 4.78 is 48.5. The van der Waals surface area contributed by atoms with Crippen molar-refractivity contribution >= 4 is 35.3 Å². The molecule has 1 saturated heterocycles. The molecule has 1 fully saturated rings. The Balaban J connectivity index is 1.05. The number of fused-ring (bicyclic) bond motifs is 1. The minimum Gasteiger partial charge on any atom is -0.460 e. The molecule has 3 rings (SSSR count). The van der Waals surface area contributed by atoms with Crippen molar-refractivity contribution in [2.24, 2.45) is 0 Å². The van der Waals surface area contributed by atoms with Gasteiger partial charge in [0.25, 0.3) is 11.8 Å². The minimum absolute atomic E-state index is 0.0629. The molecule has 1 unspecified atom stereocenters. The second-order valence-electron chi connectivity index (χ2n) is 11.4. The molecule has 17 nitrogen and oxygen atoms in total. The van der Waals surface area contributed by atoms with Gasteiger partial charge in [0.2, 0.25) is 11.8 Å². The molecule has 0 radical (unpaired) electrons. The van der Waals surface area contributed by atoms with Crippen molar-refractivity contribution in [1.29, 1.82) is 0 Å². The first-order chi connectivity index (χ1) is 25.3. The molecule has 2 aliphatic heterocycles. The molecule has 2 heterocycles. The number of imide groups is 2. The van der Waals surface area contributed by atoms with Gasteiger partial charge in [-0.15, -0.1) is 0 Å². The van der Waals surface area contributed by atoms with E-state index in [1.165, 1.54) is 0 Å². The van der Waals surface area contributed by atoms with Crippen LogP contribution in [0.3, 0.4) is 0 Å². The number of hydrogen-bond acceptors (Lipinski definition) is 15. The van der Waals surface area contributed by atoms with Crippen molar-refractivity contribution in [1.82, 2.24) is 10.2 Å². The topological polar surface area (TPSA) is 196 Å². The van der Waals surface area contributed by atoms with E-state index in [0.717, 1.165) is 4.90 Å². The average molecular weight is 738 g/mol. The summed E-state index contributed by atoms with van der Waals surface area (Å²) in [5.74, 6) is -2.61. The zero-order valence-corrected chi connectivity index (χ0v) is 29.8. The molecule has 0 spiro atoms. The number of piperidine rings is 1. The fraction of sp³-hybridized carbons (Fsp3) is 0.629. The molecule has 0 bridgehead atoms. The summed E-state index contributed by atoms with van der Waals surface area (Å²) in [5, 5.41) is 5.32. The SMILES string of the molecule is C=C(C)C(=O)OCCOCCOCCOCCOCCOCCOCCOCCOCCNc1cccc2c1C(=O)N(C1CCC(=O)NC1=O)C2=O. The number of carbonyl (C=O) groups is 5. The van der Waals surface area contributed by atoms with Crippen LogP contribution < -0.4 is 10.6 Å². The van der Waals surface area contributed by atoms with Gasteiger partial charge in [0.15, 0.2) is 0 Å². The first kappa shape index (κ1) is 42.6. The lowest BCUT2D eigenvalue weighted by Crippen LogP contribution is -2.54. The van der Waals surface area contributed by atoms with E-state index in [2.05, 4.69) is 17.2 Å². The van der Waals surface area contributed by atoms with Gasteiger partial charge in [0, 0.05) is 24.2 Å². The third-order valence-electron chi connectivity index (χ3n) is 7.44. The summed E-state index contributed by atoms with van der Waals surface area (Å²) in [6.07, 6.45) is 0.164. The highest BCUT2D eigenvalue weighted by Crippen LogP contribution is 2.32. The van der Waals surface area contributed by atoms with Crippen LogP contribution in [0.15, 0.2) is 30.4 Å². The summed E-state index contributed by atoms with van der Waals surface area (Å²) in [6, 6.07) is 3.89. The first-order valence-electron chi connectivity index (χ1n) is 17.3. The molecule has 52 heavy (non-hydrogen) atoms.